The van der Waals surface area contributed by atoms with Gasteiger partial charge in [0.15, 0.2) is 0 Å². The van der Waals surface area contributed by atoms with E-state index in [1.807, 2.05) is 0 Å². The summed E-state index contributed by atoms with van der Waals surface area (Å²) in [6, 6.07) is 3.38. The number of esters is 1. The quantitative estimate of drug-likeness (QED) is 0.709. The lowest BCUT2D eigenvalue weighted by molar-refractivity contribution is -0.143. The summed E-state index contributed by atoms with van der Waals surface area (Å²) in [6.07, 6.45) is 0.0897. The molecule has 0 atom stereocenters. The molecule has 0 saturated heterocycles. The molecule has 0 aliphatic heterocycles. The van der Waals surface area contributed by atoms with Crippen LogP contribution in [0.2, 0.25) is 0 Å². The number of ether oxygens (including phenoxy) is 1. The van der Waals surface area contributed by atoms with Crippen molar-refractivity contribution in [3.05, 3.63) is 22.4 Å². The van der Waals surface area contributed by atoms with Crippen LogP contribution in [0.4, 0.5) is 13.2 Å². The second kappa shape index (κ2) is 7.23. The number of carbonyl (C=O) groups excluding carboxylic acids is 1. The van der Waals surface area contributed by atoms with Crippen LogP contribution in [0.1, 0.15) is 11.8 Å². The van der Waals surface area contributed by atoms with Gasteiger partial charge in [0.25, 0.3) is 0 Å². The summed E-state index contributed by atoms with van der Waals surface area (Å²) in [5.41, 5.74) is -5.45. The summed E-state index contributed by atoms with van der Waals surface area (Å²) in [6.45, 7) is 0.0397. The number of hydrogen-bond acceptors (Lipinski definition) is 5. The highest BCUT2D eigenvalue weighted by molar-refractivity contribution is 7.90. The van der Waals surface area contributed by atoms with Crippen LogP contribution in [0.25, 0.3) is 0 Å². The minimum Gasteiger partial charge on any atom is -0.465 e. The Bertz CT molecular complexity index is 555. The largest absolute Gasteiger partial charge is 0.511 e. The molecule has 21 heavy (non-hydrogen) atoms. The average molecular weight is 345 g/mol. The SMILES string of the molecule is CCOC(=O)CN(CCc1cccs1)S(=O)(=O)C(F)(F)F. The highest BCUT2D eigenvalue weighted by atomic mass is 32.2. The van der Waals surface area contributed by atoms with Gasteiger partial charge in [-0.05, 0) is 24.8 Å². The minimum absolute atomic E-state index is 0.0380. The van der Waals surface area contributed by atoms with Crippen molar-refractivity contribution in [2.24, 2.45) is 0 Å². The van der Waals surface area contributed by atoms with Crippen LogP contribution >= 0.6 is 11.3 Å². The van der Waals surface area contributed by atoms with E-state index in [1.54, 1.807) is 17.5 Å². The third-order valence-electron chi connectivity index (χ3n) is 2.43. The molecule has 5 nitrogen and oxygen atoms in total. The Balaban J connectivity index is 2.86. The highest BCUT2D eigenvalue weighted by Gasteiger charge is 2.50. The molecule has 1 heterocycles. The number of alkyl halides is 3. The molecule has 1 aromatic rings. The van der Waals surface area contributed by atoms with Crippen LogP contribution in [0.3, 0.4) is 0 Å². The highest BCUT2D eigenvalue weighted by Crippen LogP contribution is 2.27. The molecule has 0 N–H and O–H groups in total. The summed E-state index contributed by atoms with van der Waals surface area (Å²) >= 11 is 1.29. The van der Waals surface area contributed by atoms with Crippen molar-refractivity contribution >= 4 is 27.3 Å². The average Bonchev–Trinajstić information content (AvgIpc) is 2.86. The van der Waals surface area contributed by atoms with Gasteiger partial charge in [0.1, 0.15) is 6.54 Å². The van der Waals surface area contributed by atoms with Crippen molar-refractivity contribution in [1.82, 2.24) is 4.31 Å². The Labute approximate surface area is 124 Å². The van der Waals surface area contributed by atoms with Crippen LogP contribution < -0.4 is 0 Å². The van der Waals surface area contributed by atoms with Crippen LogP contribution in [-0.2, 0) is 26.0 Å². The summed E-state index contributed by atoms with van der Waals surface area (Å²) in [7, 11) is -5.57. The number of carbonyl (C=O) groups is 1. The van der Waals surface area contributed by atoms with Gasteiger partial charge in [-0.1, -0.05) is 6.07 Å². The first-order valence-electron chi connectivity index (χ1n) is 5.93. The Morgan fingerprint density at radius 3 is 2.57 bits per heavy atom. The van der Waals surface area contributed by atoms with Crippen LogP contribution in [0, 0.1) is 0 Å². The second-order valence-electron chi connectivity index (χ2n) is 3.92. The molecule has 0 radical (unpaired) electrons. The third kappa shape index (κ3) is 4.97. The first kappa shape index (κ1) is 17.9. The molecule has 1 aromatic heterocycles. The maximum absolute atomic E-state index is 12.6. The molecule has 0 aliphatic rings. The van der Waals surface area contributed by atoms with E-state index in [0.29, 0.717) is 0 Å². The topological polar surface area (TPSA) is 63.7 Å². The van der Waals surface area contributed by atoms with Crippen molar-refractivity contribution in [2.45, 2.75) is 18.9 Å². The zero-order valence-corrected chi connectivity index (χ0v) is 12.7. The molecule has 120 valence electrons. The summed E-state index contributed by atoms with van der Waals surface area (Å²) < 4.78 is 65.3. The van der Waals surface area contributed by atoms with E-state index < -0.39 is 34.6 Å². The van der Waals surface area contributed by atoms with Crippen molar-refractivity contribution in [1.29, 1.82) is 0 Å². The lowest BCUT2D eigenvalue weighted by atomic mass is 10.3. The molecule has 0 unspecified atom stereocenters. The Morgan fingerprint density at radius 1 is 1.43 bits per heavy atom. The smallest absolute Gasteiger partial charge is 0.465 e. The van der Waals surface area contributed by atoms with E-state index in [-0.39, 0.29) is 17.3 Å². The van der Waals surface area contributed by atoms with Crippen molar-refractivity contribution in [2.75, 3.05) is 19.7 Å². The van der Waals surface area contributed by atoms with Crippen LogP contribution in [-0.4, -0.2) is 43.9 Å². The zero-order chi connectivity index (χ0) is 16.1. The molecule has 1 rings (SSSR count). The molecule has 0 aliphatic carbocycles. The molecular formula is C11H14F3NO4S2. The fraction of sp³-hybridized carbons (Fsp3) is 0.545. The molecular weight excluding hydrogens is 331 g/mol. The van der Waals surface area contributed by atoms with E-state index in [1.165, 1.54) is 18.3 Å². The standard InChI is InChI=1S/C11H14F3NO4S2/c1-2-19-10(16)8-15(21(17,18)11(12,13)14)6-5-9-4-3-7-20-9/h3-4,7H,2,5-6,8H2,1H3. The van der Waals surface area contributed by atoms with Gasteiger partial charge in [0, 0.05) is 11.4 Å². The van der Waals surface area contributed by atoms with E-state index in [4.69, 9.17) is 0 Å². The van der Waals surface area contributed by atoms with E-state index in [2.05, 4.69) is 4.74 Å². The van der Waals surface area contributed by atoms with Gasteiger partial charge in [0.05, 0.1) is 6.61 Å². The predicted molar refractivity (Wildman–Crippen MR) is 71.2 cm³/mol. The zero-order valence-electron chi connectivity index (χ0n) is 11.1. The number of rotatable bonds is 7. The van der Waals surface area contributed by atoms with Crippen molar-refractivity contribution in [3.8, 4) is 0 Å². The third-order valence-corrected chi connectivity index (χ3v) is 4.94. The molecule has 0 saturated carbocycles. The summed E-state index contributed by atoms with van der Waals surface area (Å²) in [5.74, 6) is -1.02. The number of nitrogens with zero attached hydrogens (tertiary/aromatic N) is 1. The van der Waals surface area contributed by atoms with Gasteiger partial charge in [0.2, 0.25) is 0 Å². The number of halogens is 3. The van der Waals surface area contributed by atoms with Crippen molar-refractivity contribution in [3.63, 3.8) is 0 Å². The van der Waals surface area contributed by atoms with E-state index in [9.17, 15) is 26.4 Å². The maximum Gasteiger partial charge on any atom is 0.511 e. The lowest BCUT2D eigenvalue weighted by Crippen LogP contribution is -2.44. The second-order valence-corrected chi connectivity index (χ2v) is 6.88. The fourth-order valence-corrected chi connectivity index (χ4v) is 3.07. The van der Waals surface area contributed by atoms with Gasteiger partial charge >= 0.3 is 21.5 Å². The minimum atomic E-state index is -5.57. The van der Waals surface area contributed by atoms with E-state index in [0.717, 1.165) is 4.88 Å². The van der Waals surface area contributed by atoms with Crippen molar-refractivity contribution < 1.29 is 31.1 Å². The van der Waals surface area contributed by atoms with Gasteiger partial charge in [-0.2, -0.15) is 17.5 Å². The van der Waals surface area contributed by atoms with Crippen LogP contribution in [0.15, 0.2) is 17.5 Å². The number of sulfonamides is 1. The van der Waals surface area contributed by atoms with Gasteiger partial charge in [-0.25, -0.2) is 8.42 Å². The van der Waals surface area contributed by atoms with Gasteiger partial charge in [-0.15, -0.1) is 11.3 Å². The molecule has 10 heteroatoms. The normalized spacial score (nSPS) is 12.6. The molecule has 0 spiro atoms. The Kier molecular flexibility index (Phi) is 6.17. The molecule has 0 aromatic carbocycles. The molecule has 0 amide bonds. The van der Waals surface area contributed by atoms with Gasteiger partial charge in [-0.3, -0.25) is 4.79 Å². The Hall–Kier alpha value is -1.13. The first-order valence-corrected chi connectivity index (χ1v) is 8.25. The van der Waals surface area contributed by atoms with Gasteiger partial charge < -0.3 is 4.74 Å². The monoisotopic (exact) mass is 345 g/mol. The first-order chi connectivity index (χ1) is 9.68. The number of thiophene rings is 1. The van der Waals surface area contributed by atoms with E-state index >= 15 is 0 Å². The predicted octanol–water partition coefficient (Wildman–Crippen LogP) is 2.01. The summed E-state index contributed by atoms with van der Waals surface area (Å²) in [5, 5.41) is 1.73. The molecule has 0 fully saturated rings. The number of hydrogen-bond donors (Lipinski definition) is 0. The maximum atomic E-state index is 12.6. The van der Waals surface area contributed by atoms with Crippen LogP contribution in [0.5, 0.6) is 0 Å². The lowest BCUT2D eigenvalue weighted by Gasteiger charge is -2.22. The Morgan fingerprint density at radius 2 is 2.10 bits per heavy atom. The molecule has 0 bridgehead atoms. The fourth-order valence-electron chi connectivity index (χ4n) is 1.47. The summed E-state index contributed by atoms with van der Waals surface area (Å²) in [4.78, 5) is 12.0.